The number of carbonyl (C=O) groups is 2. The normalized spacial score (nSPS) is 16.1. The molecule has 2 aliphatic rings. The van der Waals surface area contributed by atoms with Crippen molar-refractivity contribution in [2.75, 3.05) is 17.2 Å². The van der Waals surface area contributed by atoms with E-state index in [0.29, 0.717) is 25.8 Å². The van der Waals surface area contributed by atoms with Crippen LogP contribution in [0.5, 0.6) is 0 Å². The van der Waals surface area contributed by atoms with Gasteiger partial charge in [-0.15, -0.1) is 0 Å². The molecule has 5 rings (SSSR count). The van der Waals surface area contributed by atoms with Gasteiger partial charge >= 0.3 is 12.1 Å². The first kappa shape index (κ1) is 28.7. The van der Waals surface area contributed by atoms with Crippen molar-refractivity contribution in [3.05, 3.63) is 69.2 Å². The molecular formula is C26H21Cl2F3N4O3S. The quantitative estimate of drug-likeness (QED) is 0.253. The predicted octanol–water partition coefficient (Wildman–Crippen LogP) is 7.47. The molecule has 3 N–H and O–H groups in total. The average molecular weight is 597 g/mol. The number of rotatable bonds is 6. The number of carboxylic acid groups (broad SMARTS) is 1. The van der Waals surface area contributed by atoms with E-state index in [-0.39, 0.29) is 5.91 Å². The van der Waals surface area contributed by atoms with Crippen molar-refractivity contribution in [2.45, 2.75) is 25.4 Å². The van der Waals surface area contributed by atoms with Crippen LogP contribution in [0.15, 0.2) is 58.6 Å². The third-order valence-electron chi connectivity index (χ3n) is 5.69. The number of halogens is 5. The minimum atomic E-state index is -5.08. The van der Waals surface area contributed by atoms with Crippen LogP contribution in [0.2, 0.25) is 10.0 Å². The Hall–Kier alpha value is -3.28. The van der Waals surface area contributed by atoms with Gasteiger partial charge in [0.1, 0.15) is 0 Å². The number of aliphatic carboxylic acids is 1. The van der Waals surface area contributed by atoms with Gasteiger partial charge < -0.3 is 15.7 Å². The summed E-state index contributed by atoms with van der Waals surface area (Å²) in [5.41, 5.74) is 3.43. The minimum Gasteiger partial charge on any atom is -0.475 e. The highest BCUT2D eigenvalue weighted by Gasteiger charge is 2.38. The molecule has 0 unspecified atom stereocenters. The Morgan fingerprint density at radius 3 is 2.49 bits per heavy atom. The Morgan fingerprint density at radius 2 is 1.85 bits per heavy atom. The lowest BCUT2D eigenvalue weighted by molar-refractivity contribution is -0.192. The summed E-state index contributed by atoms with van der Waals surface area (Å²) in [5.74, 6) is -2.17. The number of aromatic nitrogens is 1. The SMILES string of the molecule is O=C(O)C(F)(F)F.O=C1N=C(Nc2c(Cl)cccc2Cl)S/C1=C\c1ccc2nccc(NCCC3CC3)c2c1. The van der Waals surface area contributed by atoms with Gasteiger partial charge in [0.2, 0.25) is 0 Å². The van der Waals surface area contributed by atoms with Gasteiger partial charge in [0, 0.05) is 23.8 Å². The number of carbonyl (C=O) groups excluding carboxylic acids is 1. The molecule has 39 heavy (non-hydrogen) atoms. The molecule has 2 aromatic carbocycles. The number of alkyl halides is 3. The number of amides is 1. The van der Waals surface area contributed by atoms with E-state index < -0.39 is 12.1 Å². The van der Waals surface area contributed by atoms with Crippen LogP contribution < -0.4 is 10.6 Å². The zero-order chi connectivity index (χ0) is 28.2. The molecule has 1 saturated carbocycles. The number of anilines is 2. The highest BCUT2D eigenvalue weighted by molar-refractivity contribution is 8.18. The summed E-state index contributed by atoms with van der Waals surface area (Å²) in [4.78, 5) is 30.5. The van der Waals surface area contributed by atoms with Crippen molar-refractivity contribution < 1.29 is 27.9 Å². The molecule has 0 bridgehead atoms. The summed E-state index contributed by atoms with van der Waals surface area (Å²) in [5, 5.41) is 16.2. The van der Waals surface area contributed by atoms with Crippen LogP contribution in [0.4, 0.5) is 24.5 Å². The lowest BCUT2D eigenvalue weighted by Crippen LogP contribution is -2.21. The summed E-state index contributed by atoms with van der Waals surface area (Å²) in [6.07, 6.45) is 2.48. The standard InChI is InChI=1S/C24H20Cl2N4OS.C2HF3O2/c25-17-2-1-3-18(26)22(17)29-24-30-23(31)21(32-24)13-15-6-7-19-16(12-15)20(9-11-28-19)27-10-8-14-4-5-14;3-2(4,5)1(6)7/h1-3,6-7,9,11-14H,4-5,8,10H2,(H,27,28)(H,29,30,31);(H,6,7)/b21-13-;. The molecule has 1 fully saturated rings. The first-order valence-corrected chi connectivity index (χ1v) is 13.2. The molecule has 0 spiro atoms. The lowest BCUT2D eigenvalue weighted by atomic mass is 10.1. The Labute approximate surface area is 235 Å². The van der Waals surface area contributed by atoms with Crippen LogP contribution in [0.25, 0.3) is 17.0 Å². The number of nitrogens with zero attached hydrogens (tertiary/aromatic N) is 2. The molecule has 13 heteroatoms. The van der Waals surface area contributed by atoms with Crippen molar-refractivity contribution in [3.8, 4) is 0 Å². The number of thioether (sulfide) groups is 1. The Kier molecular flexibility index (Phi) is 9.04. The molecule has 0 radical (unpaired) electrons. The number of benzene rings is 2. The van der Waals surface area contributed by atoms with Gasteiger partial charge in [0.15, 0.2) is 5.17 Å². The van der Waals surface area contributed by atoms with Crippen LogP contribution in [-0.2, 0) is 9.59 Å². The molecule has 3 aromatic rings. The predicted molar refractivity (Wildman–Crippen MR) is 149 cm³/mol. The number of hydrogen-bond donors (Lipinski definition) is 3. The molecule has 204 valence electrons. The van der Waals surface area contributed by atoms with Gasteiger partial charge in [-0.3, -0.25) is 9.78 Å². The second kappa shape index (κ2) is 12.3. The van der Waals surface area contributed by atoms with Crippen molar-refractivity contribution in [3.63, 3.8) is 0 Å². The Bertz CT molecular complexity index is 1460. The van der Waals surface area contributed by atoms with E-state index in [2.05, 4.69) is 26.7 Å². The fraction of sp³-hybridized carbons (Fsp3) is 0.231. The van der Waals surface area contributed by atoms with Crippen molar-refractivity contribution in [2.24, 2.45) is 10.9 Å². The van der Waals surface area contributed by atoms with Crippen molar-refractivity contribution in [1.82, 2.24) is 4.98 Å². The van der Waals surface area contributed by atoms with E-state index in [1.807, 2.05) is 30.5 Å². The molecule has 1 aliphatic carbocycles. The summed E-state index contributed by atoms with van der Waals surface area (Å²) in [6, 6.07) is 13.2. The van der Waals surface area contributed by atoms with Crippen LogP contribution in [0.3, 0.4) is 0 Å². The topological polar surface area (TPSA) is 104 Å². The Morgan fingerprint density at radius 1 is 1.15 bits per heavy atom. The molecule has 2 heterocycles. The zero-order valence-electron chi connectivity index (χ0n) is 20.1. The maximum atomic E-state index is 12.5. The monoisotopic (exact) mass is 596 g/mol. The number of para-hydroxylation sites is 1. The van der Waals surface area contributed by atoms with E-state index in [9.17, 15) is 18.0 Å². The maximum absolute atomic E-state index is 12.5. The summed E-state index contributed by atoms with van der Waals surface area (Å²) in [7, 11) is 0. The number of hydrogen-bond acceptors (Lipinski definition) is 6. The number of carboxylic acids is 1. The first-order valence-electron chi connectivity index (χ1n) is 11.7. The average Bonchev–Trinajstić information content (AvgIpc) is 3.64. The minimum absolute atomic E-state index is 0.297. The third-order valence-corrected chi connectivity index (χ3v) is 7.22. The van der Waals surface area contributed by atoms with Gasteiger partial charge in [-0.25, -0.2) is 4.79 Å². The van der Waals surface area contributed by atoms with E-state index in [4.69, 9.17) is 33.1 Å². The fourth-order valence-corrected chi connectivity index (χ4v) is 4.87. The highest BCUT2D eigenvalue weighted by Crippen LogP contribution is 2.35. The lowest BCUT2D eigenvalue weighted by Gasteiger charge is -2.10. The Balaban J connectivity index is 0.000000448. The molecular weight excluding hydrogens is 576 g/mol. The van der Waals surface area contributed by atoms with E-state index in [1.165, 1.54) is 31.0 Å². The molecule has 1 aliphatic heterocycles. The molecule has 1 aromatic heterocycles. The molecule has 1 amide bonds. The van der Waals surface area contributed by atoms with Crippen LogP contribution in [-0.4, -0.2) is 39.9 Å². The highest BCUT2D eigenvalue weighted by atomic mass is 35.5. The number of pyridine rings is 1. The van der Waals surface area contributed by atoms with Gasteiger partial charge in [-0.2, -0.15) is 18.2 Å². The van der Waals surface area contributed by atoms with Gasteiger partial charge in [-0.05, 0) is 66.1 Å². The fourth-order valence-electron chi connectivity index (χ4n) is 3.56. The third kappa shape index (κ3) is 7.87. The van der Waals surface area contributed by atoms with Crippen LogP contribution >= 0.6 is 35.0 Å². The van der Waals surface area contributed by atoms with Gasteiger partial charge in [0.25, 0.3) is 5.91 Å². The van der Waals surface area contributed by atoms with E-state index in [0.717, 1.165) is 34.6 Å². The van der Waals surface area contributed by atoms with Crippen LogP contribution in [0.1, 0.15) is 24.8 Å². The van der Waals surface area contributed by atoms with Crippen molar-refractivity contribution >= 4 is 80.4 Å². The zero-order valence-corrected chi connectivity index (χ0v) is 22.4. The summed E-state index contributed by atoms with van der Waals surface area (Å²) in [6.45, 7) is 0.955. The van der Waals surface area contributed by atoms with E-state index >= 15 is 0 Å². The second-order valence-corrected chi connectivity index (χ2v) is 10.5. The number of aliphatic imine (C=N–C) groups is 1. The smallest absolute Gasteiger partial charge is 0.475 e. The van der Waals surface area contributed by atoms with Gasteiger partial charge in [0.05, 0.1) is 26.2 Å². The first-order chi connectivity index (χ1) is 18.5. The molecule has 0 saturated heterocycles. The van der Waals surface area contributed by atoms with Crippen molar-refractivity contribution in [1.29, 1.82) is 0 Å². The molecule has 0 atom stereocenters. The maximum Gasteiger partial charge on any atom is 0.490 e. The molecule has 7 nitrogen and oxygen atoms in total. The largest absolute Gasteiger partial charge is 0.490 e. The summed E-state index contributed by atoms with van der Waals surface area (Å²) >= 11 is 13.7. The second-order valence-electron chi connectivity index (χ2n) is 8.65. The number of amidine groups is 1. The number of nitrogens with one attached hydrogen (secondary N) is 2. The van der Waals surface area contributed by atoms with E-state index in [1.54, 1.807) is 18.2 Å². The summed E-state index contributed by atoms with van der Waals surface area (Å²) < 4.78 is 31.7. The van der Waals surface area contributed by atoms with Crippen LogP contribution in [0, 0.1) is 5.92 Å². The number of fused-ring (bicyclic) bond motifs is 1. The van der Waals surface area contributed by atoms with Gasteiger partial charge in [-0.1, -0.05) is 48.2 Å².